The number of alkyl carbamates (subject to hydrolysis) is 1. The van der Waals surface area contributed by atoms with Gasteiger partial charge in [0.1, 0.15) is 62.8 Å². The highest BCUT2D eigenvalue weighted by molar-refractivity contribution is 5.96. The Bertz CT molecular complexity index is 4170. The van der Waals surface area contributed by atoms with Crippen molar-refractivity contribution in [3.8, 4) is 22.5 Å². The summed E-state index contributed by atoms with van der Waals surface area (Å²) >= 11 is 0. The quantitative estimate of drug-likeness (QED) is 0.0184. The van der Waals surface area contributed by atoms with Gasteiger partial charge in [0.25, 0.3) is 5.56 Å². The number of carbonyl (C=O) groups is 9. The van der Waals surface area contributed by atoms with Crippen LogP contribution in [0.2, 0.25) is 0 Å². The number of amides is 8. The zero-order chi connectivity index (χ0) is 70.2. The van der Waals surface area contributed by atoms with Gasteiger partial charge in [-0.15, -0.1) is 0 Å². The monoisotopic (exact) mass is 1360 g/mol. The number of cyclic esters (lactones) is 1. The lowest BCUT2D eigenvalue weighted by molar-refractivity contribution is -0.172. The number of fused-ring (bicyclic) bond motifs is 8. The van der Waals surface area contributed by atoms with Crippen LogP contribution in [0.15, 0.2) is 95.8 Å². The Morgan fingerprint density at radius 2 is 1.42 bits per heavy atom. The molecule has 28 nitrogen and oxygen atoms in total. The molecule has 522 valence electrons. The van der Waals surface area contributed by atoms with Crippen molar-refractivity contribution in [2.45, 2.75) is 132 Å². The molecule has 8 atom stereocenters. The van der Waals surface area contributed by atoms with E-state index in [4.69, 9.17) is 23.9 Å². The molecule has 1 saturated heterocycles. The van der Waals surface area contributed by atoms with Gasteiger partial charge < -0.3 is 86.5 Å². The molecular formula is C70H77FN10O18. The molecule has 0 spiro atoms. The van der Waals surface area contributed by atoms with E-state index in [0.717, 1.165) is 22.3 Å². The zero-order valence-corrected chi connectivity index (χ0v) is 54.3. The molecule has 12 N–H and O–H groups in total. The molecule has 6 aromatic rings. The molecule has 0 radical (unpaired) electrons. The maximum Gasteiger partial charge on any atom is 0.407 e. The molecule has 0 saturated carbocycles. The third-order valence-corrected chi connectivity index (χ3v) is 18.8. The second-order valence-corrected chi connectivity index (χ2v) is 25.0. The molecule has 3 aliphatic heterocycles. The minimum Gasteiger partial charge on any atom is -0.458 e. The van der Waals surface area contributed by atoms with Crippen molar-refractivity contribution in [3.63, 3.8) is 0 Å². The van der Waals surface area contributed by atoms with Crippen LogP contribution in [0.4, 0.5) is 9.18 Å². The van der Waals surface area contributed by atoms with Crippen LogP contribution in [0.5, 0.6) is 0 Å². The van der Waals surface area contributed by atoms with Gasteiger partial charge >= 0.3 is 12.1 Å². The number of aromatic nitrogens is 2. The number of halogens is 1. The fraction of sp³-hybridized carbons (Fsp3) is 0.414. The number of unbranched alkanes of at least 4 members (excludes halogenated alkanes) is 1. The maximum absolute atomic E-state index is 15.5. The molecule has 2 aliphatic carbocycles. The molecule has 1 fully saturated rings. The molecule has 5 aliphatic rings. The number of rotatable bonds is 28. The summed E-state index contributed by atoms with van der Waals surface area (Å²) in [5, 5.41) is 62.4. The van der Waals surface area contributed by atoms with Crippen LogP contribution in [-0.2, 0) is 88.9 Å². The molecule has 8 amide bonds. The standard InChI is InChI=1S/C70H77FN10O18/c1-3-70(95)46-24-52-62-43(30-81(52)67(92)45(46)33-97-68(70)93)61-48(21-20-38-36(2)47(71)25-50(79-62)60(38)61)77-59(87)34-96-35-76-57(85)28-75-66(91)51(23-37-13-5-4-6-14-37)78-58(86)29-73-56(84)27-74-65(90)49(19-11-12-22-72-55(83)26-53-63(88)64(89)54(31-82)99-53)80-69(94)98-32-44-41-17-9-7-15-39(41)40-16-8-10-18-42(40)44/h4-10,13-18,24-25,44,48-49,51,53-54,63-64,82,88-89,95H,3,11-12,19-23,26-35H2,1-2H3,(H,72,83)(H,73,84)(H,74,90)(H,75,91)(H,76,85)(H,77,87)(H,78,86)(H,80,94)/t48-,49-,51-,53-,54+,63-,64+,70-/m0/s1. The van der Waals surface area contributed by atoms with Crippen molar-refractivity contribution in [1.82, 2.24) is 52.1 Å². The van der Waals surface area contributed by atoms with Gasteiger partial charge in [0.05, 0.1) is 73.8 Å². The molecule has 4 aromatic carbocycles. The Morgan fingerprint density at radius 1 is 0.758 bits per heavy atom. The zero-order valence-electron chi connectivity index (χ0n) is 54.3. The van der Waals surface area contributed by atoms with Crippen LogP contribution in [-0.4, -0.2) is 173 Å². The predicted molar refractivity (Wildman–Crippen MR) is 350 cm³/mol. The number of nitrogens with one attached hydrogen (secondary N) is 8. The lowest BCUT2D eigenvalue weighted by Gasteiger charge is -2.31. The molecular weight excluding hydrogens is 1290 g/mol. The van der Waals surface area contributed by atoms with E-state index in [1.807, 2.05) is 48.5 Å². The van der Waals surface area contributed by atoms with Crippen molar-refractivity contribution in [1.29, 1.82) is 0 Å². The van der Waals surface area contributed by atoms with Crippen LogP contribution in [0.1, 0.15) is 107 Å². The van der Waals surface area contributed by atoms with E-state index >= 15 is 4.39 Å². The number of esters is 1. The Morgan fingerprint density at radius 3 is 2.12 bits per heavy atom. The Kier molecular flexibility index (Phi) is 21.9. The number of hydrogen-bond acceptors (Lipinski definition) is 19. The van der Waals surface area contributed by atoms with Gasteiger partial charge in [-0.05, 0) is 96.0 Å². The fourth-order valence-corrected chi connectivity index (χ4v) is 13.6. The van der Waals surface area contributed by atoms with Crippen molar-refractivity contribution >= 4 is 64.3 Å². The first-order chi connectivity index (χ1) is 47.6. The number of aryl methyl sites for hydroxylation is 1. The number of nitrogens with zero attached hydrogens (tertiary/aromatic N) is 2. The molecule has 11 rings (SSSR count). The van der Waals surface area contributed by atoms with Gasteiger partial charge in [-0.1, -0.05) is 85.8 Å². The van der Waals surface area contributed by atoms with Crippen molar-refractivity contribution < 1.29 is 86.9 Å². The van der Waals surface area contributed by atoms with Gasteiger partial charge in [-0.3, -0.25) is 38.4 Å². The second-order valence-electron chi connectivity index (χ2n) is 25.0. The molecule has 99 heavy (non-hydrogen) atoms. The molecule has 29 heteroatoms. The lowest BCUT2D eigenvalue weighted by Crippen LogP contribution is -2.53. The van der Waals surface area contributed by atoms with E-state index < -0.39 is 153 Å². The first-order valence-electron chi connectivity index (χ1n) is 32.8. The number of aliphatic hydroxyl groups is 4. The summed E-state index contributed by atoms with van der Waals surface area (Å²) in [6.45, 7) is -0.397. The molecule has 0 unspecified atom stereocenters. The smallest absolute Gasteiger partial charge is 0.407 e. The van der Waals surface area contributed by atoms with Gasteiger partial charge in [0, 0.05) is 41.5 Å². The van der Waals surface area contributed by atoms with Crippen LogP contribution >= 0.6 is 0 Å². The summed E-state index contributed by atoms with van der Waals surface area (Å²) in [5.41, 5.74) is 5.53. The van der Waals surface area contributed by atoms with Crippen LogP contribution in [0.25, 0.3) is 33.4 Å². The summed E-state index contributed by atoms with van der Waals surface area (Å²) in [4.78, 5) is 138. The Hall–Kier alpha value is -10.0. The largest absolute Gasteiger partial charge is 0.458 e. The second kappa shape index (κ2) is 30.8. The Labute approximate surface area is 566 Å². The summed E-state index contributed by atoms with van der Waals surface area (Å²) in [7, 11) is 0. The van der Waals surface area contributed by atoms with Gasteiger partial charge in [0.2, 0.25) is 41.4 Å². The highest BCUT2D eigenvalue weighted by Gasteiger charge is 2.47. The maximum atomic E-state index is 15.5. The van der Waals surface area contributed by atoms with Crippen LogP contribution in [0, 0.1) is 12.7 Å². The van der Waals surface area contributed by atoms with E-state index in [9.17, 15) is 68.4 Å². The number of pyridine rings is 2. The normalized spacial score (nSPS) is 19.7. The number of ether oxygens (including phenoxy) is 4. The summed E-state index contributed by atoms with van der Waals surface area (Å²) in [6, 6.07) is 23.8. The first kappa shape index (κ1) is 70.3. The van der Waals surface area contributed by atoms with Crippen molar-refractivity contribution in [3.05, 3.63) is 157 Å². The number of benzene rings is 4. The highest BCUT2D eigenvalue weighted by Crippen LogP contribution is 2.47. The third-order valence-electron chi connectivity index (χ3n) is 18.8. The average molecular weight is 1370 g/mol. The van der Waals surface area contributed by atoms with E-state index in [2.05, 4.69) is 42.5 Å². The van der Waals surface area contributed by atoms with Crippen molar-refractivity contribution in [2.75, 3.05) is 52.7 Å². The average Bonchev–Trinajstić information content (AvgIpc) is 1.61. The molecule has 5 heterocycles. The van der Waals surface area contributed by atoms with E-state index in [1.54, 1.807) is 50.2 Å². The van der Waals surface area contributed by atoms with E-state index in [1.165, 1.54) is 10.6 Å². The third kappa shape index (κ3) is 15.3. The topological polar surface area (TPSA) is 403 Å². The SMILES string of the molecule is CC[C@@]1(O)C(=O)OCc2c1cc1n(c2=O)Cc2c-1nc1cc(F)c(C)c3c1c2[C@@H](NC(=O)COCNC(=O)CNC(=O)[C@H](Cc1ccccc1)NC(=O)CNC(=O)CNC(=O)[C@H](CCCCNC(=O)C[C@@H]1O[C@H](CO)[C@@H](O)[C@H]1O)NC(=O)OCC1c2ccccc2-c2ccccc21)CC3. The molecule has 2 aromatic heterocycles. The van der Waals surface area contributed by atoms with Crippen molar-refractivity contribution in [2.24, 2.45) is 0 Å². The minimum atomic E-state index is -2.08. The summed E-state index contributed by atoms with van der Waals surface area (Å²) < 4.78 is 38.8. The number of aliphatic hydroxyl groups excluding tert-OH is 3. The van der Waals surface area contributed by atoms with E-state index in [0.29, 0.717) is 63.9 Å². The number of hydrogen-bond donors (Lipinski definition) is 12. The van der Waals surface area contributed by atoms with Crippen LogP contribution in [0.3, 0.4) is 0 Å². The summed E-state index contributed by atoms with van der Waals surface area (Å²) in [5.74, 6) is -6.60. The van der Waals surface area contributed by atoms with Gasteiger partial charge in [0.15, 0.2) is 5.60 Å². The van der Waals surface area contributed by atoms with Crippen LogP contribution < -0.4 is 48.1 Å². The lowest BCUT2D eigenvalue weighted by atomic mass is 9.81. The Balaban J connectivity index is 0.647. The fourth-order valence-electron chi connectivity index (χ4n) is 13.6. The summed E-state index contributed by atoms with van der Waals surface area (Å²) in [6.07, 6.45) is -4.78. The first-order valence-corrected chi connectivity index (χ1v) is 32.8. The van der Waals surface area contributed by atoms with Gasteiger partial charge in [-0.2, -0.15) is 0 Å². The number of carbonyl (C=O) groups excluding carboxylic acids is 9. The highest BCUT2D eigenvalue weighted by atomic mass is 19.1. The predicted octanol–water partition coefficient (Wildman–Crippen LogP) is 0.862. The van der Waals surface area contributed by atoms with E-state index in [-0.39, 0.29) is 81.0 Å². The minimum absolute atomic E-state index is 0.0228. The molecule has 0 bridgehead atoms. The van der Waals surface area contributed by atoms with Gasteiger partial charge in [-0.25, -0.2) is 19.0 Å².